The molecule has 2 aliphatic rings. The maximum Gasteiger partial charge on any atom is 0.226 e. The molecule has 96 valence electrons. The van der Waals surface area contributed by atoms with Crippen molar-refractivity contribution >= 4 is 5.91 Å². The Morgan fingerprint density at radius 1 is 1.53 bits per heavy atom. The molecule has 0 spiro atoms. The van der Waals surface area contributed by atoms with E-state index in [2.05, 4.69) is 25.2 Å². The third-order valence-corrected chi connectivity index (χ3v) is 4.61. The molecule has 0 aromatic carbocycles. The highest BCUT2D eigenvalue weighted by atomic mass is 16.5. The van der Waals surface area contributed by atoms with Crippen molar-refractivity contribution in [2.24, 2.45) is 10.8 Å². The van der Waals surface area contributed by atoms with Crippen LogP contribution in [-0.4, -0.2) is 26.2 Å². The zero-order valence-electron chi connectivity index (χ0n) is 11.1. The molecule has 1 N–H and O–H groups in total. The lowest BCUT2D eigenvalue weighted by Crippen LogP contribution is -2.39. The number of carbonyl (C=O) groups excluding carboxylic acids is 1. The van der Waals surface area contributed by atoms with E-state index in [0.29, 0.717) is 13.2 Å². The molecule has 2 bridgehead atoms. The first-order valence-electron chi connectivity index (χ1n) is 6.49. The van der Waals surface area contributed by atoms with E-state index in [1.54, 1.807) is 7.11 Å². The number of rotatable bonds is 4. The highest BCUT2D eigenvalue weighted by Gasteiger charge is 2.57. The number of carbonyl (C=O) groups is 1. The van der Waals surface area contributed by atoms with Crippen LogP contribution >= 0.6 is 0 Å². The first-order chi connectivity index (χ1) is 8.06. The van der Waals surface area contributed by atoms with E-state index in [1.165, 1.54) is 5.57 Å². The van der Waals surface area contributed by atoms with Crippen molar-refractivity contribution in [3.05, 3.63) is 11.6 Å². The number of nitrogens with one attached hydrogen (secondary N) is 1. The average molecular weight is 237 g/mol. The molecular weight excluding hydrogens is 214 g/mol. The van der Waals surface area contributed by atoms with Gasteiger partial charge in [0, 0.05) is 13.7 Å². The average Bonchev–Trinajstić information content (AvgIpc) is 2.81. The summed E-state index contributed by atoms with van der Waals surface area (Å²) < 4.78 is 4.97. The second kappa shape index (κ2) is 4.45. The Bertz CT molecular complexity index is 350. The Labute approximate surface area is 104 Å². The van der Waals surface area contributed by atoms with Gasteiger partial charge in [0.05, 0.1) is 12.0 Å². The number of fused-ring (bicyclic) bond motifs is 2. The fraction of sp³-hybridized carbons (Fsp3) is 0.786. The minimum Gasteiger partial charge on any atom is -0.383 e. The molecule has 17 heavy (non-hydrogen) atoms. The van der Waals surface area contributed by atoms with Crippen LogP contribution in [0.15, 0.2) is 11.6 Å². The predicted octanol–water partition coefficient (Wildman–Crippen LogP) is 2.28. The Hall–Kier alpha value is -0.830. The quantitative estimate of drug-likeness (QED) is 0.601. The van der Waals surface area contributed by atoms with Gasteiger partial charge in [-0.15, -0.1) is 0 Å². The number of hydrogen-bond donors (Lipinski definition) is 1. The minimum absolute atomic E-state index is 0.121. The molecule has 0 radical (unpaired) electrons. The number of methoxy groups -OCH3 is 1. The summed E-state index contributed by atoms with van der Waals surface area (Å²) in [5.41, 5.74) is 1.64. The zero-order valence-corrected chi connectivity index (χ0v) is 11.1. The molecule has 2 fully saturated rings. The van der Waals surface area contributed by atoms with E-state index < -0.39 is 0 Å². The molecule has 0 heterocycles. The van der Waals surface area contributed by atoms with E-state index >= 15 is 0 Å². The number of allylic oxidation sites excluding steroid dienone is 2. The summed E-state index contributed by atoms with van der Waals surface area (Å²) in [5, 5.41) is 3.01. The van der Waals surface area contributed by atoms with Gasteiger partial charge in [0.1, 0.15) is 0 Å². The van der Waals surface area contributed by atoms with E-state index in [-0.39, 0.29) is 16.7 Å². The summed E-state index contributed by atoms with van der Waals surface area (Å²) in [5.74, 6) is 0.232. The minimum atomic E-state index is -0.121. The number of ether oxygens (including phenoxy) is 1. The molecule has 0 aromatic heterocycles. The number of hydrogen-bond acceptors (Lipinski definition) is 2. The first-order valence-corrected chi connectivity index (χ1v) is 6.49. The summed E-state index contributed by atoms with van der Waals surface area (Å²) in [4.78, 5) is 12.3. The smallest absolute Gasteiger partial charge is 0.226 e. The number of amides is 1. The molecule has 2 unspecified atom stereocenters. The SMILES string of the molecule is C/C=C1/CC2(C(=O)NCCOC)CCC1(C)C2. The van der Waals surface area contributed by atoms with Crippen LogP contribution in [0.1, 0.15) is 39.5 Å². The lowest BCUT2D eigenvalue weighted by Gasteiger charge is -2.27. The molecule has 1 amide bonds. The Balaban J connectivity index is 2.04. The van der Waals surface area contributed by atoms with Crippen LogP contribution in [0.25, 0.3) is 0 Å². The van der Waals surface area contributed by atoms with Crippen LogP contribution in [0, 0.1) is 10.8 Å². The Morgan fingerprint density at radius 3 is 2.88 bits per heavy atom. The normalized spacial score (nSPS) is 37.7. The molecule has 3 heteroatoms. The fourth-order valence-corrected chi connectivity index (χ4v) is 3.62. The van der Waals surface area contributed by atoms with Gasteiger partial charge in [0.15, 0.2) is 0 Å². The lowest BCUT2D eigenvalue weighted by molar-refractivity contribution is -0.130. The van der Waals surface area contributed by atoms with Crippen molar-refractivity contribution in [3.8, 4) is 0 Å². The van der Waals surface area contributed by atoms with Gasteiger partial charge in [-0.05, 0) is 38.0 Å². The van der Waals surface area contributed by atoms with Gasteiger partial charge >= 0.3 is 0 Å². The molecular formula is C14H23NO2. The third-order valence-electron chi connectivity index (χ3n) is 4.61. The van der Waals surface area contributed by atoms with E-state index in [0.717, 1.165) is 25.7 Å². The first kappa shape index (κ1) is 12.6. The lowest BCUT2D eigenvalue weighted by atomic mass is 9.78. The second-order valence-electron chi connectivity index (χ2n) is 5.76. The van der Waals surface area contributed by atoms with Crippen molar-refractivity contribution in [2.45, 2.75) is 39.5 Å². The predicted molar refractivity (Wildman–Crippen MR) is 67.7 cm³/mol. The van der Waals surface area contributed by atoms with Crippen LogP contribution in [0.2, 0.25) is 0 Å². The van der Waals surface area contributed by atoms with Crippen molar-refractivity contribution in [1.82, 2.24) is 5.32 Å². The third kappa shape index (κ3) is 2.01. The van der Waals surface area contributed by atoms with E-state index in [9.17, 15) is 4.79 Å². The monoisotopic (exact) mass is 237 g/mol. The van der Waals surface area contributed by atoms with Gasteiger partial charge < -0.3 is 10.1 Å². The molecule has 0 aromatic rings. The molecule has 2 aliphatic carbocycles. The van der Waals surface area contributed by atoms with Gasteiger partial charge in [-0.25, -0.2) is 0 Å². The van der Waals surface area contributed by atoms with Crippen LogP contribution in [0.5, 0.6) is 0 Å². The Morgan fingerprint density at radius 2 is 2.29 bits per heavy atom. The molecule has 0 saturated heterocycles. The summed E-state index contributed by atoms with van der Waals surface area (Å²) in [6.07, 6.45) is 6.39. The van der Waals surface area contributed by atoms with E-state index in [1.807, 2.05) is 0 Å². The maximum absolute atomic E-state index is 12.3. The summed E-state index contributed by atoms with van der Waals surface area (Å²) in [7, 11) is 1.66. The van der Waals surface area contributed by atoms with E-state index in [4.69, 9.17) is 4.74 Å². The molecule has 0 aliphatic heterocycles. The molecule has 3 nitrogen and oxygen atoms in total. The van der Waals surface area contributed by atoms with Crippen molar-refractivity contribution in [3.63, 3.8) is 0 Å². The van der Waals surface area contributed by atoms with Gasteiger partial charge in [0.25, 0.3) is 0 Å². The van der Waals surface area contributed by atoms with Crippen molar-refractivity contribution < 1.29 is 9.53 Å². The molecule has 2 atom stereocenters. The molecule has 2 saturated carbocycles. The van der Waals surface area contributed by atoms with Crippen LogP contribution < -0.4 is 5.32 Å². The zero-order chi connectivity index (χ0) is 12.5. The highest BCUT2D eigenvalue weighted by Crippen LogP contribution is 2.64. The standard InChI is InChI=1S/C14H23NO2/c1-4-11-9-14(6-5-13(11,2)10-14)12(16)15-7-8-17-3/h4H,5-10H2,1-3H3,(H,15,16)/b11-4-. The van der Waals surface area contributed by atoms with Gasteiger partial charge in [-0.1, -0.05) is 18.6 Å². The van der Waals surface area contributed by atoms with Crippen LogP contribution in [0.3, 0.4) is 0 Å². The topological polar surface area (TPSA) is 38.3 Å². The van der Waals surface area contributed by atoms with Crippen LogP contribution in [0.4, 0.5) is 0 Å². The summed E-state index contributed by atoms with van der Waals surface area (Å²) >= 11 is 0. The maximum atomic E-state index is 12.3. The molecule has 2 rings (SSSR count). The van der Waals surface area contributed by atoms with Crippen molar-refractivity contribution in [1.29, 1.82) is 0 Å². The highest BCUT2D eigenvalue weighted by molar-refractivity contribution is 5.84. The summed E-state index contributed by atoms with van der Waals surface area (Å²) in [6.45, 7) is 5.62. The van der Waals surface area contributed by atoms with Gasteiger partial charge in [0.2, 0.25) is 5.91 Å². The fourth-order valence-electron chi connectivity index (χ4n) is 3.62. The summed E-state index contributed by atoms with van der Waals surface area (Å²) in [6, 6.07) is 0. The van der Waals surface area contributed by atoms with Crippen molar-refractivity contribution in [2.75, 3.05) is 20.3 Å². The van der Waals surface area contributed by atoms with Crippen LogP contribution in [-0.2, 0) is 9.53 Å². The van der Waals surface area contributed by atoms with Gasteiger partial charge in [-0.2, -0.15) is 0 Å². The second-order valence-corrected chi connectivity index (χ2v) is 5.76. The largest absolute Gasteiger partial charge is 0.383 e. The Kier molecular flexibility index (Phi) is 3.30. The van der Waals surface area contributed by atoms with Gasteiger partial charge in [-0.3, -0.25) is 4.79 Å².